The zero-order valence-corrected chi connectivity index (χ0v) is 22.6. The van der Waals surface area contributed by atoms with Crippen molar-refractivity contribution in [3.63, 3.8) is 0 Å². The first-order valence-electron chi connectivity index (χ1n) is 11.9. The molecule has 224 valence electrons. The highest BCUT2D eigenvalue weighted by molar-refractivity contribution is 7.88. The molecule has 0 amide bonds. The monoisotopic (exact) mass is 644 g/mol. The van der Waals surface area contributed by atoms with Crippen molar-refractivity contribution in [2.45, 2.75) is 16.4 Å². The summed E-state index contributed by atoms with van der Waals surface area (Å²) in [5.41, 5.74) is -14.5. The number of rotatable bonds is 4. The molecule has 0 aromatic heterocycles. The Morgan fingerprint density at radius 2 is 0.860 bits per heavy atom. The number of hydrogen-bond donors (Lipinski definition) is 0. The summed E-state index contributed by atoms with van der Waals surface area (Å²) in [7, 11) is -12.6. The number of hydrogen-bond acceptors (Lipinski definition) is 8. The van der Waals surface area contributed by atoms with Gasteiger partial charge in [0.2, 0.25) is 0 Å². The van der Waals surface area contributed by atoms with Crippen molar-refractivity contribution in [3.05, 3.63) is 107 Å². The van der Waals surface area contributed by atoms with E-state index in [0.717, 1.165) is 24.3 Å². The van der Waals surface area contributed by atoms with Crippen molar-refractivity contribution < 1.29 is 61.0 Å². The number of alkyl halides is 6. The topological polar surface area (TPSA) is 105 Å². The van der Waals surface area contributed by atoms with E-state index < -0.39 is 59.3 Å². The standard InChI is InChI=1S/C27H14F6O8S2/c28-26(29,30)42(34,35)40-21-13-5-11-19-23(21)25(15-7-1-3-9-17(15)38-19)16-8-2-4-10-18(16)39-20-12-6-14-22(24(20)25)41-43(36,37)27(31,32)33/h1-14H. The van der Waals surface area contributed by atoms with Crippen LogP contribution in [0.3, 0.4) is 0 Å². The number of fused-ring (bicyclic) bond motifs is 8. The third-order valence-corrected chi connectivity index (χ3v) is 8.65. The van der Waals surface area contributed by atoms with E-state index in [4.69, 9.17) is 9.47 Å². The molecule has 6 rings (SSSR count). The summed E-state index contributed by atoms with van der Waals surface area (Å²) in [5.74, 6) is -2.18. The number of ether oxygens (including phenoxy) is 2. The molecular weight excluding hydrogens is 630 g/mol. The van der Waals surface area contributed by atoms with Gasteiger partial charge in [0.1, 0.15) is 23.0 Å². The van der Waals surface area contributed by atoms with Gasteiger partial charge in [-0.1, -0.05) is 48.5 Å². The first-order chi connectivity index (χ1) is 20.1. The lowest BCUT2D eigenvalue weighted by molar-refractivity contribution is -0.0504. The van der Waals surface area contributed by atoms with Crippen LogP contribution >= 0.6 is 0 Å². The van der Waals surface area contributed by atoms with Crippen LogP contribution in [0.5, 0.6) is 34.5 Å². The maximum atomic E-state index is 13.5. The minimum Gasteiger partial charge on any atom is -0.457 e. The van der Waals surface area contributed by atoms with Crippen molar-refractivity contribution >= 4 is 20.2 Å². The third-order valence-electron chi connectivity index (χ3n) is 6.71. The van der Waals surface area contributed by atoms with Gasteiger partial charge < -0.3 is 17.8 Å². The highest BCUT2D eigenvalue weighted by atomic mass is 32.2. The molecule has 0 radical (unpaired) electrons. The van der Waals surface area contributed by atoms with Crippen molar-refractivity contribution in [1.29, 1.82) is 0 Å². The summed E-state index contributed by atoms with van der Waals surface area (Å²) in [4.78, 5) is 0. The fraction of sp³-hybridized carbons (Fsp3) is 0.111. The van der Waals surface area contributed by atoms with E-state index in [1.165, 1.54) is 60.7 Å². The molecule has 4 aromatic rings. The predicted molar refractivity (Wildman–Crippen MR) is 136 cm³/mol. The quantitative estimate of drug-likeness (QED) is 0.118. The van der Waals surface area contributed by atoms with Crippen molar-refractivity contribution in [3.8, 4) is 34.5 Å². The lowest BCUT2D eigenvalue weighted by atomic mass is 9.62. The molecule has 16 heteroatoms. The SMILES string of the molecule is O=S(=O)(Oc1cccc2c1C1(c3ccccc3O2)c2ccccc2Oc2cccc(OS(=O)(=O)C(F)(F)F)c21)C(F)(F)F. The van der Waals surface area contributed by atoms with E-state index >= 15 is 0 Å². The van der Waals surface area contributed by atoms with Crippen LogP contribution in [0, 0.1) is 0 Å². The molecule has 4 aromatic carbocycles. The largest absolute Gasteiger partial charge is 0.534 e. The van der Waals surface area contributed by atoms with Crippen LogP contribution < -0.4 is 17.8 Å². The van der Waals surface area contributed by atoms with Crippen molar-refractivity contribution in [1.82, 2.24) is 0 Å². The van der Waals surface area contributed by atoms with Gasteiger partial charge in [0, 0.05) is 11.1 Å². The average molecular weight is 645 g/mol. The van der Waals surface area contributed by atoms with Crippen molar-refractivity contribution in [2.75, 3.05) is 0 Å². The van der Waals surface area contributed by atoms with Gasteiger partial charge in [-0.05, 0) is 36.4 Å². The molecular formula is C27H14F6O8S2. The Bertz CT molecular complexity index is 1860. The summed E-state index contributed by atoms with van der Waals surface area (Å²) in [5, 5.41) is 0. The normalized spacial score (nSPS) is 15.2. The second kappa shape index (κ2) is 9.28. The van der Waals surface area contributed by atoms with Crippen molar-refractivity contribution in [2.24, 2.45) is 0 Å². The molecule has 0 atom stereocenters. The molecule has 0 N–H and O–H groups in total. The van der Waals surface area contributed by atoms with Gasteiger partial charge >= 0.3 is 31.3 Å². The van der Waals surface area contributed by atoms with Crippen LogP contribution in [-0.4, -0.2) is 27.9 Å². The van der Waals surface area contributed by atoms with Crippen LogP contribution in [0.25, 0.3) is 0 Å². The molecule has 8 nitrogen and oxygen atoms in total. The molecule has 0 bridgehead atoms. The van der Waals surface area contributed by atoms with Crippen LogP contribution in [-0.2, 0) is 25.7 Å². The van der Waals surface area contributed by atoms with Gasteiger partial charge in [-0.15, -0.1) is 0 Å². The van der Waals surface area contributed by atoms with E-state index in [1.807, 2.05) is 0 Å². The summed E-state index contributed by atoms with van der Waals surface area (Å²) in [6.07, 6.45) is 0. The number of benzene rings is 4. The summed E-state index contributed by atoms with van der Waals surface area (Å²) < 4.78 is 151. The lowest BCUT2D eigenvalue weighted by Gasteiger charge is -2.45. The van der Waals surface area contributed by atoms with E-state index in [1.54, 1.807) is 0 Å². The first-order valence-corrected chi connectivity index (χ1v) is 14.7. The molecule has 0 saturated heterocycles. The summed E-state index contributed by atoms with van der Waals surface area (Å²) >= 11 is 0. The summed E-state index contributed by atoms with van der Waals surface area (Å²) in [6, 6.07) is 18.4. The predicted octanol–water partition coefficient (Wildman–Crippen LogP) is 6.74. The highest BCUT2D eigenvalue weighted by Gasteiger charge is 2.57. The molecule has 0 unspecified atom stereocenters. The highest BCUT2D eigenvalue weighted by Crippen LogP contribution is 2.65. The zero-order valence-electron chi connectivity index (χ0n) is 20.9. The van der Waals surface area contributed by atoms with E-state index in [9.17, 15) is 43.2 Å². The van der Waals surface area contributed by atoms with Gasteiger partial charge in [0.05, 0.1) is 16.5 Å². The van der Waals surface area contributed by atoms with Crippen LogP contribution in [0.15, 0.2) is 84.9 Å². The van der Waals surface area contributed by atoms with Gasteiger partial charge in [-0.3, -0.25) is 0 Å². The maximum absolute atomic E-state index is 13.5. The Hall–Kier alpha value is -4.44. The average Bonchev–Trinajstić information content (AvgIpc) is 2.91. The Morgan fingerprint density at radius 3 is 1.23 bits per heavy atom. The third kappa shape index (κ3) is 4.26. The maximum Gasteiger partial charge on any atom is 0.534 e. The van der Waals surface area contributed by atoms with Gasteiger partial charge in [0.25, 0.3) is 0 Å². The second-order valence-electron chi connectivity index (χ2n) is 9.17. The fourth-order valence-electron chi connectivity index (χ4n) is 5.18. The van der Waals surface area contributed by atoms with Crippen LogP contribution in [0.4, 0.5) is 26.3 Å². The Balaban J connectivity index is 1.79. The molecule has 1 spiro atoms. The molecule has 2 heterocycles. The first kappa shape index (κ1) is 28.7. The Morgan fingerprint density at radius 1 is 0.512 bits per heavy atom. The molecule has 0 saturated carbocycles. The molecule has 2 aliphatic rings. The summed E-state index contributed by atoms with van der Waals surface area (Å²) in [6.45, 7) is 0. The van der Waals surface area contributed by atoms with E-state index in [2.05, 4.69) is 8.37 Å². The molecule has 0 fully saturated rings. The smallest absolute Gasteiger partial charge is 0.457 e. The van der Waals surface area contributed by atoms with Crippen LogP contribution in [0.1, 0.15) is 22.3 Å². The zero-order chi connectivity index (χ0) is 31.0. The fourth-order valence-corrected chi connectivity index (χ4v) is 6.12. The second-order valence-corrected chi connectivity index (χ2v) is 12.2. The Kier molecular flexibility index (Phi) is 6.19. The number of halogens is 6. The van der Waals surface area contributed by atoms with E-state index in [0.29, 0.717) is 0 Å². The van der Waals surface area contributed by atoms with Gasteiger partial charge in [-0.2, -0.15) is 43.2 Å². The number of para-hydroxylation sites is 2. The minimum atomic E-state index is -6.29. The van der Waals surface area contributed by atoms with E-state index in [-0.39, 0.29) is 34.1 Å². The molecule has 2 aliphatic heterocycles. The molecule has 43 heavy (non-hydrogen) atoms. The van der Waals surface area contributed by atoms with Crippen LogP contribution in [0.2, 0.25) is 0 Å². The Labute approximate surface area is 239 Å². The van der Waals surface area contributed by atoms with Gasteiger partial charge in [0.15, 0.2) is 11.5 Å². The van der Waals surface area contributed by atoms with Gasteiger partial charge in [-0.25, -0.2) is 0 Å². The minimum absolute atomic E-state index is 0.0574. The lowest BCUT2D eigenvalue weighted by Crippen LogP contribution is -2.39. The molecule has 0 aliphatic carbocycles.